The lowest BCUT2D eigenvalue weighted by molar-refractivity contribution is 0.628. The van der Waals surface area contributed by atoms with Crippen LogP contribution in [-0.2, 0) is 0 Å². The second kappa shape index (κ2) is 4.64. The molecule has 0 aliphatic rings. The zero-order valence-electron chi connectivity index (χ0n) is 7.15. The van der Waals surface area contributed by atoms with E-state index in [4.69, 9.17) is 23.2 Å². The predicted octanol–water partition coefficient (Wildman–Crippen LogP) is 4.12. The molecular weight excluding hydrogens is 210 g/mol. The summed E-state index contributed by atoms with van der Waals surface area (Å²) in [4.78, 5) is 0. The monoisotopic (exact) mass is 218 g/mol. The molecule has 13 heavy (non-hydrogen) atoms. The molecule has 0 aromatic heterocycles. The minimum absolute atomic E-state index is 0.328. The van der Waals surface area contributed by atoms with Gasteiger partial charge in [0.2, 0.25) is 0 Å². The Morgan fingerprint density at radius 1 is 1.54 bits per heavy atom. The van der Waals surface area contributed by atoms with Crippen molar-refractivity contribution in [1.82, 2.24) is 0 Å². The highest BCUT2D eigenvalue weighted by Crippen LogP contribution is 2.20. The number of hydrogen-bond donors (Lipinski definition) is 0. The van der Waals surface area contributed by atoms with Gasteiger partial charge in [0.1, 0.15) is 5.82 Å². The highest BCUT2D eigenvalue weighted by Gasteiger charge is 1.99. The summed E-state index contributed by atoms with van der Waals surface area (Å²) >= 11 is 11.4. The summed E-state index contributed by atoms with van der Waals surface area (Å²) in [5, 5.41) is 0.407. The number of benzene rings is 1. The van der Waals surface area contributed by atoms with Gasteiger partial charge in [0.25, 0.3) is 0 Å². The minimum atomic E-state index is -0.328. The molecule has 1 rings (SSSR count). The lowest BCUT2D eigenvalue weighted by Gasteiger charge is -1.99. The van der Waals surface area contributed by atoms with Gasteiger partial charge < -0.3 is 0 Å². The molecule has 0 amide bonds. The van der Waals surface area contributed by atoms with Gasteiger partial charge in [-0.3, -0.25) is 0 Å². The molecular formula is C10H9Cl2F. The van der Waals surface area contributed by atoms with Crippen LogP contribution in [0.1, 0.15) is 12.5 Å². The number of allylic oxidation sites excluding steroid dienone is 1. The van der Waals surface area contributed by atoms with E-state index in [1.807, 2.05) is 13.0 Å². The number of rotatable bonds is 2. The van der Waals surface area contributed by atoms with Crippen LogP contribution in [0.4, 0.5) is 4.39 Å². The fourth-order valence-corrected chi connectivity index (χ4v) is 1.22. The summed E-state index contributed by atoms with van der Waals surface area (Å²) < 4.78 is 12.6. The molecule has 0 aliphatic carbocycles. The zero-order valence-corrected chi connectivity index (χ0v) is 8.66. The van der Waals surface area contributed by atoms with Crippen LogP contribution >= 0.6 is 23.2 Å². The van der Waals surface area contributed by atoms with E-state index in [1.54, 1.807) is 6.07 Å². The van der Waals surface area contributed by atoms with Crippen molar-refractivity contribution in [3.05, 3.63) is 40.2 Å². The van der Waals surface area contributed by atoms with Crippen LogP contribution in [0.15, 0.2) is 23.8 Å². The van der Waals surface area contributed by atoms with E-state index in [0.29, 0.717) is 10.9 Å². The Kier molecular flexibility index (Phi) is 3.76. The first-order chi connectivity index (χ1) is 6.13. The van der Waals surface area contributed by atoms with Crippen molar-refractivity contribution in [2.24, 2.45) is 0 Å². The molecule has 0 radical (unpaired) electrons. The van der Waals surface area contributed by atoms with E-state index < -0.39 is 0 Å². The topological polar surface area (TPSA) is 0 Å². The largest absolute Gasteiger partial charge is 0.207 e. The zero-order chi connectivity index (χ0) is 9.84. The summed E-state index contributed by atoms with van der Waals surface area (Å²) in [5.41, 5.74) is 1.79. The van der Waals surface area contributed by atoms with Crippen molar-refractivity contribution in [1.29, 1.82) is 0 Å². The van der Waals surface area contributed by atoms with E-state index in [1.165, 1.54) is 12.1 Å². The van der Waals surface area contributed by atoms with Crippen molar-refractivity contribution < 1.29 is 4.39 Å². The first kappa shape index (κ1) is 10.6. The summed E-state index contributed by atoms with van der Waals surface area (Å²) in [7, 11) is 0. The molecule has 1 aromatic rings. The van der Waals surface area contributed by atoms with Crippen molar-refractivity contribution in [2.45, 2.75) is 6.92 Å². The molecule has 0 bridgehead atoms. The summed E-state index contributed by atoms with van der Waals surface area (Å²) in [6.45, 7) is 1.90. The third-order valence-corrected chi connectivity index (χ3v) is 2.32. The summed E-state index contributed by atoms with van der Waals surface area (Å²) in [6.07, 6.45) is 1.84. The normalized spacial score (nSPS) is 11.8. The van der Waals surface area contributed by atoms with Crippen LogP contribution < -0.4 is 0 Å². The maximum absolute atomic E-state index is 12.6. The Bertz CT molecular complexity index is 332. The molecule has 0 heterocycles. The number of hydrogen-bond acceptors (Lipinski definition) is 0. The molecule has 70 valence electrons. The standard InChI is InChI=1S/C10H9Cl2F/c1-7(6-11)4-8-2-3-9(13)5-10(8)12/h2-5H,6H2,1H3/b7-4-. The van der Waals surface area contributed by atoms with Gasteiger partial charge in [0.15, 0.2) is 0 Å². The second-order valence-corrected chi connectivity index (χ2v) is 3.46. The van der Waals surface area contributed by atoms with Crippen LogP contribution in [0.25, 0.3) is 6.08 Å². The highest BCUT2D eigenvalue weighted by molar-refractivity contribution is 6.32. The van der Waals surface area contributed by atoms with E-state index in [9.17, 15) is 4.39 Å². The Morgan fingerprint density at radius 2 is 2.23 bits per heavy atom. The lowest BCUT2D eigenvalue weighted by atomic mass is 10.1. The van der Waals surface area contributed by atoms with Crippen molar-refractivity contribution in [3.63, 3.8) is 0 Å². The molecule has 0 saturated heterocycles. The van der Waals surface area contributed by atoms with Gasteiger partial charge in [-0.25, -0.2) is 4.39 Å². The van der Waals surface area contributed by atoms with Gasteiger partial charge in [-0.15, -0.1) is 11.6 Å². The van der Waals surface area contributed by atoms with E-state index in [2.05, 4.69) is 0 Å². The minimum Gasteiger partial charge on any atom is -0.207 e. The molecule has 0 atom stereocenters. The third kappa shape index (κ3) is 3.02. The molecule has 0 nitrogen and oxygen atoms in total. The fraction of sp³-hybridized carbons (Fsp3) is 0.200. The van der Waals surface area contributed by atoms with E-state index in [-0.39, 0.29) is 5.82 Å². The Balaban J connectivity index is 3.03. The quantitative estimate of drug-likeness (QED) is 0.656. The summed E-state index contributed by atoms with van der Waals surface area (Å²) in [6, 6.07) is 4.29. The van der Waals surface area contributed by atoms with Gasteiger partial charge in [0, 0.05) is 5.88 Å². The number of halogens is 3. The van der Waals surface area contributed by atoms with Gasteiger partial charge in [-0.2, -0.15) is 0 Å². The van der Waals surface area contributed by atoms with Crippen LogP contribution in [0, 0.1) is 5.82 Å². The molecule has 0 aliphatic heterocycles. The third-order valence-electron chi connectivity index (χ3n) is 1.58. The van der Waals surface area contributed by atoms with Gasteiger partial charge >= 0.3 is 0 Å². The van der Waals surface area contributed by atoms with Crippen LogP contribution in [0.3, 0.4) is 0 Å². The van der Waals surface area contributed by atoms with Crippen molar-refractivity contribution in [2.75, 3.05) is 5.88 Å². The molecule has 0 unspecified atom stereocenters. The Labute approximate surface area is 87.0 Å². The maximum atomic E-state index is 12.6. The van der Waals surface area contributed by atoms with Crippen molar-refractivity contribution >= 4 is 29.3 Å². The SMILES string of the molecule is C/C(=C/c1ccc(F)cc1Cl)CCl. The fourth-order valence-electron chi connectivity index (χ4n) is 0.923. The average molecular weight is 219 g/mol. The van der Waals surface area contributed by atoms with Crippen molar-refractivity contribution in [3.8, 4) is 0 Å². The highest BCUT2D eigenvalue weighted by atomic mass is 35.5. The second-order valence-electron chi connectivity index (χ2n) is 2.79. The lowest BCUT2D eigenvalue weighted by Crippen LogP contribution is -1.81. The van der Waals surface area contributed by atoms with Crippen LogP contribution in [0.5, 0.6) is 0 Å². The summed E-state index contributed by atoms with van der Waals surface area (Å²) in [5.74, 6) is 0.124. The van der Waals surface area contributed by atoms with Gasteiger partial charge in [-0.1, -0.05) is 29.3 Å². The molecule has 0 fully saturated rings. The first-order valence-electron chi connectivity index (χ1n) is 3.81. The first-order valence-corrected chi connectivity index (χ1v) is 4.73. The smallest absolute Gasteiger partial charge is 0.124 e. The average Bonchev–Trinajstić information content (AvgIpc) is 2.09. The van der Waals surface area contributed by atoms with Gasteiger partial charge in [-0.05, 0) is 24.6 Å². The molecule has 0 N–H and O–H groups in total. The molecule has 0 spiro atoms. The molecule has 1 aromatic carbocycles. The molecule has 3 heteroatoms. The van der Waals surface area contributed by atoms with Gasteiger partial charge in [0.05, 0.1) is 5.02 Å². The number of alkyl halides is 1. The van der Waals surface area contributed by atoms with Crippen LogP contribution in [0.2, 0.25) is 5.02 Å². The molecule has 0 saturated carbocycles. The Hall–Kier alpha value is -0.530. The van der Waals surface area contributed by atoms with E-state index in [0.717, 1.165) is 11.1 Å². The van der Waals surface area contributed by atoms with Crippen LogP contribution in [-0.4, -0.2) is 5.88 Å². The Morgan fingerprint density at radius 3 is 2.77 bits per heavy atom. The predicted molar refractivity (Wildman–Crippen MR) is 55.8 cm³/mol. The maximum Gasteiger partial charge on any atom is 0.124 e. The van der Waals surface area contributed by atoms with E-state index >= 15 is 0 Å².